The number of benzene rings is 1. The quantitative estimate of drug-likeness (QED) is 0.725. The maximum Gasteiger partial charge on any atom is 0.131 e. The first-order valence-electron chi connectivity index (χ1n) is 6.12. The van der Waals surface area contributed by atoms with E-state index in [0.717, 1.165) is 25.0 Å². The molecule has 3 unspecified atom stereocenters. The van der Waals surface area contributed by atoms with E-state index in [0.29, 0.717) is 5.92 Å². The fourth-order valence-corrected chi connectivity index (χ4v) is 3.20. The molecule has 1 saturated carbocycles. The summed E-state index contributed by atoms with van der Waals surface area (Å²) in [5, 5.41) is 9.99. The van der Waals surface area contributed by atoms with Crippen molar-refractivity contribution in [3.05, 3.63) is 28.8 Å². The molecule has 0 spiro atoms. The van der Waals surface area contributed by atoms with Crippen molar-refractivity contribution in [3.63, 3.8) is 0 Å². The number of aryl methyl sites for hydroxylation is 2. The zero-order valence-electron chi connectivity index (χ0n) is 9.86. The number of ether oxygens (including phenoxy) is 1. The number of fused-ring (bicyclic) bond motifs is 3. The molecule has 0 radical (unpaired) electrons. The predicted octanol–water partition coefficient (Wildman–Crippen LogP) is 2.69. The number of hydrogen-bond donors (Lipinski definition) is 1. The molecule has 16 heavy (non-hydrogen) atoms. The van der Waals surface area contributed by atoms with Crippen molar-refractivity contribution in [2.45, 2.75) is 51.2 Å². The largest absolute Gasteiger partial charge is 0.487 e. The predicted molar refractivity (Wildman–Crippen MR) is 62.9 cm³/mol. The SMILES string of the molecule is Cc1cc(C)c2c(c1)C1CCCC(O)C1O2. The molecule has 3 rings (SSSR count). The maximum atomic E-state index is 9.99. The van der Waals surface area contributed by atoms with Crippen LogP contribution in [0, 0.1) is 13.8 Å². The van der Waals surface area contributed by atoms with E-state index < -0.39 is 0 Å². The topological polar surface area (TPSA) is 29.5 Å². The average Bonchev–Trinajstić information content (AvgIpc) is 2.59. The van der Waals surface area contributed by atoms with Crippen LogP contribution in [0.4, 0.5) is 0 Å². The summed E-state index contributed by atoms with van der Waals surface area (Å²) in [4.78, 5) is 0. The summed E-state index contributed by atoms with van der Waals surface area (Å²) in [5.41, 5.74) is 3.82. The highest BCUT2D eigenvalue weighted by atomic mass is 16.5. The van der Waals surface area contributed by atoms with Crippen molar-refractivity contribution >= 4 is 0 Å². The van der Waals surface area contributed by atoms with Gasteiger partial charge in [-0.2, -0.15) is 0 Å². The second-order valence-electron chi connectivity index (χ2n) is 5.19. The number of rotatable bonds is 0. The van der Waals surface area contributed by atoms with Crippen LogP contribution in [-0.4, -0.2) is 17.3 Å². The van der Waals surface area contributed by atoms with Gasteiger partial charge in [0.15, 0.2) is 0 Å². The van der Waals surface area contributed by atoms with Gasteiger partial charge in [0.2, 0.25) is 0 Å². The molecule has 1 aliphatic heterocycles. The molecule has 2 aliphatic rings. The fourth-order valence-electron chi connectivity index (χ4n) is 3.20. The summed E-state index contributed by atoms with van der Waals surface area (Å²) in [6.07, 6.45) is 2.86. The molecule has 0 aromatic heterocycles. The van der Waals surface area contributed by atoms with Gasteiger partial charge in [0.05, 0.1) is 6.10 Å². The van der Waals surface area contributed by atoms with Gasteiger partial charge >= 0.3 is 0 Å². The first-order valence-corrected chi connectivity index (χ1v) is 6.12. The number of aliphatic hydroxyl groups is 1. The Labute approximate surface area is 96.2 Å². The molecule has 1 fully saturated rings. The summed E-state index contributed by atoms with van der Waals surface area (Å²) >= 11 is 0. The summed E-state index contributed by atoms with van der Waals surface area (Å²) in [5.74, 6) is 1.44. The van der Waals surface area contributed by atoms with Crippen molar-refractivity contribution in [2.24, 2.45) is 0 Å². The van der Waals surface area contributed by atoms with Crippen molar-refractivity contribution in [3.8, 4) is 5.75 Å². The molecule has 86 valence electrons. The monoisotopic (exact) mass is 218 g/mol. The van der Waals surface area contributed by atoms with Crippen molar-refractivity contribution in [2.75, 3.05) is 0 Å². The molecule has 2 heteroatoms. The van der Waals surface area contributed by atoms with Gasteiger partial charge in [0.1, 0.15) is 11.9 Å². The van der Waals surface area contributed by atoms with Crippen LogP contribution in [0.2, 0.25) is 0 Å². The minimum Gasteiger partial charge on any atom is -0.487 e. The van der Waals surface area contributed by atoms with Crippen LogP contribution in [0.1, 0.15) is 41.9 Å². The van der Waals surface area contributed by atoms with E-state index >= 15 is 0 Å². The van der Waals surface area contributed by atoms with E-state index in [1.807, 2.05) is 0 Å². The van der Waals surface area contributed by atoms with E-state index in [-0.39, 0.29) is 12.2 Å². The van der Waals surface area contributed by atoms with Gasteiger partial charge in [-0.3, -0.25) is 0 Å². The van der Waals surface area contributed by atoms with Crippen molar-refractivity contribution in [1.82, 2.24) is 0 Å². The Hall–Kier alpha value is -1.02. The van der Waals surface area contributed by atoms with Crippen LogP contribution < -0.4 is 4.74 Å². The third-order valence-corrected chi connectivity index (χ3v) is 3.89. The van der Waals surface area contributed by atoms with E-state index in [2.05, 4.69) is 26.0 Å². The minimum absolute atomic E-state index is 0.00394. The van der Waals surface area contributed by atoms with E-state index in [4.69, 9.17) is 4.74 Å². The lowest BCUT2D eigenvalue weighted by atomic mass is 9.81. The summed E-state index contributed by atoms with van der Waals surface area (Å²) in [6.45, 7) is 4.22. The third kappa shape index (κ3) is 1.36. The number of aliphatic hydroxyl groups excluding tert-OH is 1. The van der Waals surface area contributed by atoms with Gasteiger partial charge in [0.25, 0.3) is 0 Å². The summed E-state index contributed by atoms with van der Waals surface area (Å²) < 4.78 is 5.96. The van der Waals surface area contributed by atoms with Gasteiger partial charge in [-0.1, -0.05) is 17.7 Å². The summed E-state index contributed by atoms with van der Waals surface area (Å²) in [7, 11) is 0. The molecular weight excluding hydrogens is 200 g/mol. The molecule has 2 nitrogen and oxygen atoms in total. The van der Waals surface area contributed by atoms with Gasteiger partial charge in [-0.25, -0.2) is 0 Å². The summed E-state index contributed by atoms with van der Waals surface area (Å²) in [6, 6.07) is 4.38. The Balaban J connectivity index is 2.07. The molecule has 0 amide bonds. The minimum atomic E-state index is -0.286. The number of hydrogen-bond acceptors (Lipinski definition) is 2. The molecule has 0 saturated heterocycles. The normalized spacial score (nSPS) is 31.8. The molecule has 1 heterocycles. The van der Waals surface area contributed by atoms with E-state index in [1.165, 1.54) is 16.7 Å². The average molecular weight is 218 g/mol. The highest BCUT2D eigenvalue weighted by molar-refractivity contribution is 5.49. The molecule has 1 aliphatic carbocycles. The lowest BCUT2D eigenvalue weighted by Gasteiger charge is -2.29. The molecule has 1 N–H and O–H groups in total. The zero-order valence-corrected chi connectivity index (χ0v) is 9.86. The van der Waals surface area contributed by atoms with E-state index in [1.54, 1.807) is 0 Å². The lowest BCUT2D eigenvalue weighted by molar-refractivity contribution is 0.00911. The Bertz CT molecular complexity index is 425. The van der Waals surface area contributed by atoms with Crippen LogP contribution in [0.3, 0.4) is 0 Å². The van der Waals surface area contributed by atoms with Crippen LogP contribution in [0.5, 0.6) is 5.75 Å². The van der Waals surface area contributed by atoms with Crippen LogP contribution >= 0.6 is 0 Å². The molecule has 1 aromatic carbocycles. The van der Waals surface area contributed by atoms with Crippen LogP contribution in [0.25, 0.3) is 0 Å². The smallest absolute Gasteiger partial charge is 0.131 e. The van der Waals surface area contributed by atoms with Gasteiger partial charge in [-0.05, 0) is 38.7 Å². The lowest BCUT2D eigenvalue weighted by Crippen LogP contribution is -2.36. The van der Waals surface area contributed by atoms with Gasteiger partial charge in [-0.15, -0.1) is 0 Å². The Morgan fingerprint density at radius 3 is 2.88 bits per heavy atom. The Morgan fingerprint density at radius 2 is 2.06 bits per heavy atom. The molecule has 0 bridgehead atoms. The maximum absolute atomic E-state index is 9.99. The first kappa shape index (κ1) is 10.2. The second-order valence-corrected chi connectivity index (χ2v) is 5.19. The fraction of sp³-hybridized carbons (Fsp3) is 0.571. The van der Waals surface area contributed by atoms with Crippen LogP contribution in [0.15, 0.2) is 12.1 Å². The van der Waals surface area contributed by atoms with Crippen molar-refractivity contribution < 1.29 is 9.84 Å². The molecule has 1 aromatic rings. The Kier molecular flexibility index (Phi) is 2.21. The Morgan fingerprint density at radius 1 is 1.25 bits per heavy atom. The molecular formula is C14H18O2. The molecule has 3 atom stereocenters. The first-order chi connectivity index (χ1) is 7.66. The third-order valence-electron chi connectivity index (χ3n) is 3.89. The van der Waals surface area contributed by atoms with Gasteiger partial charge in [0, 0.05) is 11.5 Å². The highest BCUT2D eigenvalue weighted by Crippen LogP contribution is 2.47. The van der Waals surface area contributed by atoms with Crippen molar-refractivity contribution in [1.29, 1.82) is 0 Å². The van der Waals surface area contributed by atoms with E-state index in [9.17, 15) is 5.11 Å². The highest BCUT2D eigenvalue weighted by Gasteiger charge is 2.41. The van der Waals surface area contributed by atoms with Crippen LogP contribution in [-0.2, 0) is 0 Å². The standard InChI is InChI=1S/C14H18O2/c1-8-6-9(2)13-11(7-8)10-4-3-5-12(15)14(10)16-13/h6-7,10,12,14-15H,3-5H2,1-2H3. The zero-order chi connectivity index (χ0) is 11.3. The second kappa shape index (κ2) is 3.49. The van der Waals surface area contributed by atoms with Gasteiger partial charge < -0.3 is 9.84 Å².